The lowest BCUT2D eigenvalue weighted by molar-refractivity contribution is -0.137. The van der Waals surface area contributed by atoms with Crippen LogP contribution in [0.25, 0.3) is 38.6 Å². The maximum Gasteiger partial charge on any atom is 0.419 e. The molecule has 0 fully saturated rings. The molecule has 0 spiro atoms. The number of hydrogen-bond acceptors (Lipinski definition) is 5. The summed E-state index contributed by atoms with van der Waals surface area (Å²) in [5, 5.41) is 15.7. The first-order valence-corrected chi connectivity index (χ1v) is 11.1. The van der Waals surface area contributed by atoms with Crippen molar-refractivity contribution in [2.75, 3.05) is 5.73 Å². The Bertz CT molecular complexity index is 1680. The van der Waals surface area contributed by atoms with Crippen LogP contribution in [-0.2, 0) is 11.6 Å². The minimum absolute atomic E-state index is 0.293. The van der Waals surface area contributed by atoms with E-state index in [0.29, 0.717) is 16.6 Å². The summed E-state index contributed by atoms with van der Waals surface area (Å²) in [6.07, 6.45) is -1.53. The molecule has 5 rings (SSSR count). The van der Waals surface area contributed by atoms with Gasteiger partial charge in [0, 0.05) is 28.7 Å². The van der Waals surface area contributed by atoms with Gasteiger partial charge in [0.1, 0.15) is 5.82 Å². The quantitative estimate of drug-likeness (QED) is 0.321. The lowest BCUT2D eigenvalue weighted by Gasteiger charge is -2.16. The van der Waals surface area contributed by atoms with Crippen LogP contribution in [-0.4, -0.2) is 19.7 Å². The predicted molar refractivity (Wildman–Crippen MR) is 132 cm³/mol. The molecule has 36 heavy (non-hydrogen) atoms. The van der Waals surface area contributed by atoms with Crippen molar-refractivity contribution in [3.8, 4) is 22.9 Å². The van der Waals surface area contributed by atoms with Crippen molar-refractivity contribution in [1.82, 2.24) is 19.7 Å². The van der Waals surface area contributed by atoms with Gasteiger partial charge in [0.25, 0.3) is 0 Å². The first-order valence-electron chi connectivity index (χ1n) is 11.1. The van der Waals surface area contributed by atoms with E-state index in [4.69, 9.17) is 10.8 Å². The largest absolute Gasteiger partial charge is 0.419 e. The molecular formula is C27H21F3N6. The van der Waals surface area contributed by atoms with Crippen molar-refractivity contribution in [3.05, 3.63) is 77.7 Å². The molecule has 0 saturated carbocycles. The zero-order chi connectivity index (χ0) is 25.8. The van der Waals surface area contributed by atoms with Crippen LogP contribution >= 0.6 is 0 Å². The number of nitrogen functional groups attached to an aromatic ring is 1. The standard InChI is InChI=1S/C27H21F3N6/c1-15-21-13-33-23-9-4-16(17-11-22(27(28,29)30)25(32)34-12-17)10-20(23)24(21)36(35-15)19-7-5-18(6-8-19)26(2,3)14-31/h4-13H,1-3H3,(H2,32,34). The van der Waals surface area contributed by atoms with E-state index in [1.165, 1.54) is 6.20 Å². The van der Waals surface area contributed by atoms with Crippen molar-refractivity contribution in [3.63, 3.8) is 0 Å². The number of nitrogens with zero attached hydrogens (tertiary/aromatic N) is 5. The van der Waals surface area contributed by atoms with Gasteiger partial charge >= 0.3 is 6.18 Å². The molecule has 2 aromatic carbocycles. The molecule has 5 aromatic rings. The smallest absolute Gasteiger partial charge is 0.383 e. The zero-order valence-electron chi connectivity index (χ0n) is 19.7. The van der Waals surface area contributed by atoms with Crippen LogP contribution in [0, 0.1) is 18.3 Å². The van der Waals surface area contributed by atoms with Crippen LogP contribution in [0.5, 0.6) is 0 Å². The molecule has 0 amide bonds. The minimum Gasteiger partial charge on any atom is -0.383 e. The average Bonchev–Trinajstić information content (AvgIpc) is 3.20. The highest BCUT2D eigenvalue weighted by Crippen LogP contribution is 2.37. The first-order chi connectivity index (χ1) is 17.0. The summed E-state index contributed by atoms with van der Waals surface area (Å²) in [5.74, 6) is -0.562. The third-order valence-corrected chi connectivity index (χ3v) is 6.36. The second kappa shape index (κ2) is 8.05. The molecule has 2 N–H and O–H groups in total. The molecule has 0 unspecified atom stereocenters. The maximum atomic E-state index is 13.4. The number of pyridine rings is 2. The lowest BCUT2D eigenvalue weighted by atomic mass is 9.86. The van der Waals surface area contributed by atoms with Gasteiger partial charge in [-0.1, -0.05) is 18.2 Å². The Morgan fingerprint density at radius 2 is 1.64 bits per heavy atom. The Kier molecular flexibility index (Phi) is 5.21. The summed E-state index contributed by atoms with van der Waals surface area (Å²) >= 11 is 0. The Morgan fingerprint density at radius 3 is 2.31 bits per heavy atom. The number of benzene rings is 2. The fraction of sp³-hybridized carbons (Fsp3) is 0.185. The van der Waals surface area contributed by atoms with Gasteiger partial charge in [-0.3, -0.25) is 4.98 Å². The van der Waals surface area contributed by atoms with Crippen LogP contribution < -0.4 is 5.73 Å². The summed E-state index contributed by atoms with van der Waals surface area (Å²) in [5.41, 5.74) is 8.61. The van der Waals surface area contributed by atoms with Crippen molar-refractivity contribution in [2.24, 2.45) is 0 Å². The summed E-state index contributed by atoms with van der Waals surface area (Å²) in [6.45, 7) is 5.59. The second-order valence-corrected chi connectivity index (χ2v) is 9.19. The molecule has 3 heterocycles. The predicted octanol–water partition coefficient (Wildman–Crippen LogP) is 6.35. The number of nitrogens with two attached hydrogens (primary N) is 1. The van der Waals surface area contributed by atoms with E-state index < -0.39 is 23.0 Å². The number of aromatic nitrogens is 4. The molecule has 9 heteroatoms. The van der Waals surface area contributed by atoms with Crippen molar-refractivity contribution >= 4 is 27.6 Å². The number of alkyl halides is 3. The van der Waals surface area contributed by atoms with Gasteiger partial charge in [-0.15, -0.1) is 0 Å². The molecule has 0 saturated heterocycles. The number of anilines is 1. The Labute approximate surface area is 204 Å². The number of fused-ring (bicyclic) bond motifs is 3. The third kappa shape index (κ3) is 3.81. The Hall–Kier alpha value is -4.45. The van der Waals surface area contributed by atoms with Crippen LogP contribution in [0.4, 0.5) is 19.0 Å². The lowest BCUT2D eigenvalue weighted by Crippen LogP contribution is -2.13. The normalized spacial score (nSPS) is 12.2. The van der Waals surface area contributed by atoms with Crippen LogP contribution in [0.15, 0.2) is 60.9 Å². The van der Waals surface area contributed by atoms with Crippen molar-refractivity contribution < 1.29 is 13.2 Å². The molecule has 0 bridgehead atoms. The molecule has 0 aliphatic carbocycles. The van der Waals surface area contributed by atoms with Gasteiger partial charge in [0.2, 0.25) is 0 Å². The van der Waals surface area contributed by atoms with E-state index in [1.807, 2.05) is 45.0 Å². The summed E-state index contributed by atoms with van der Waals surface area (Å²) in [6, 6.07) is 16.2. The molecule has 0 radical (unpaired) electrons. The molecule has 0 aliphatic heterocycles. The number of hydrogen-bond donors (Lipinski definition) is 1. The fourth-order valence-electron chi connectivity index (χ4n) is 4.24. The highest BCUT2D eigenvalue weighted by Gasteiger charge is 2.34. The average molecular weight is 487 g/mol. The Balaban J connectivity index is 1.71. The number of rotatable bonds is 3. The molecule has 6 nitrogen and oxygen atoms in total. The molecule has 0 aliphatic rings. The van der Waals surface area contributed by atoms with Gasteiger partial charge in [0.05, 0.1) is 39.5 Å². The van der Waals surface area contributed by atoms with Gasteiger partial charge in [-0.25, -0.2) is 9.67 Å². The van der Waals surface area contributed by atoms with Crippen molar-refractivity contribution in [2.45, 2.75) is 32.4 Å². The second-order valence-electron chi connectivity index (χ2n) is 9.19. The van der Waals surface area contributed by atoms with Crippen LogP contribution in [0.3, 0.4) is 0 Å². The minimum atomic E-state index is -4.61. The number of aryl methyl sites for hydroxylation is 1. The molecular weight excluding hydrogens is 465 g/mol. The molecule has 0 atom stereocenters. The van der Waals surface area contributed by atoms with E-state index >= 15 is 0 Å². The van der Waals surface area contributed by atoms with E-state index in [0.717, 1.165) is 39.3 Å². The van der Waals surface area contributed by atoms with Crippen LogP contribution in [0.2, 0.25) is 0 Å². The molecule has 180 valence electrons. The third-order valence-electron chi connectivity index (χ3n) is 6.36. The maximum absolute atomic E-state index is 13.4. The Morgan fingerprint density at radius 1 is 0.917 bits per heavy atom. The highest BCUT2D eigenvalue weighted by molar-refractivity contribution is 6.06. The summed E-state index contributed by atoms with van der Waals surface area (Å²) in [4.78, 5) is 8.31. The number of nitriles is 1. The number of halogens is 3. The van der Waals surface area contributed by atoms with Gasteiger partial charge in [-0.2, -0.15) is 23.5 Å². The summed E-state index contributed by atoms with van der Waals surface area (Å²) < 4.78 is 42.0. The molecule has 3 aromatic heterocycles. The monoisotopic (exact) mass is 486 g/mol. The van der Waals surface area contributed by atoms with Crippen molar-refractivity contribution in [1.29, 1.82) is 5.26 Å². The van der Waals surface area contributed by atoms with Gasteiger partial charge in [-0.05, 0) is 62.2 Å². The van der Waals surface area contributed by atoms with E-state index in [9.17, 15) is 18.4 Å². The van der Waals surface area contributed by atoms with E-state index in [1.54, 1.807) is 29.1 Å². The fourth-order valence-corrected chi connectivity index (χ4v) is 4.24. The van der Waals surface area contributed by atoms with Gasteiger partial charge < -0.3 is 5.73 Å². The van der Waals surface area contributed by atoms with E-state index in [2.05, 4.69) is 16.0 Å². The zero-order valence-corrected chi connectivity index (χ0v) is 19.7. The topological polar surface area (TPSA) is 93.4 Å². The highest BCUT2D eigenvalue weighted by atomic mass is 19.4. The van der Waals surface area contributed by atoms with Gasteiger partial charge in [0.15, 0.2) is 0 Å². The van der Waals surface area contributed by atoms with E-state index in [-0.39, 0.29) is 0 Å². The van der Waals surface area contributed by atoms with Crippen LogP contribution in [0.1, 0.15) is 30.7 Å². The first kappa shape index (κ1) is 23.3. The SMILES string of the molecule is Cc1nn(-c2ccc(C(C)(C)C#N)cc2)c2c1cnc1ccc(-c3cnc(N)c(C(F)(F)F)c3)cc12. The summed E-state index contributed by atoms with van der Waals surface area (Å²) in [7, 11) is 0.